The van der Waals surface area contributed by atoms with Crippen molar-refractivity contribution in [2.75, 3.05) is 37.5 Å². The van der Waals surface area contributed by atoms with Crippen molar-refractivity contribution >= 4 is 48.3 Å². The predicted octanol–water partition coefficient (Wildman–Crippen LogP) is 2.86. The fourth-order valence-corrected chi connectivity index (χ4v) is 6.28. The first-order valence-corrected chi connectivity index (χ1v) is 13.0. The normalized spacial score (nSPS) is 15.7. The number of nitrogens with one attached hydrogen (secondary N) is 2. The van der Waals surface area contributed by atoms with E-state index >= 15 is 0 Å². The Morgan fingerprint density at radius 1 is 1.22 bits per heavy atom. The molecular weight excluding hydrogens is 448 g/mol. The van der Waals surface area contributed by atoms with Crippen molar-refractivity contribution in [1.29, 1.82) is 0 Å². The van der Waals surface area contributed by atoms with E-state index in [1.165, 1.54) is 17.6 Å². The Labute approximate surface area is 189 Å². The van der Waals surface area contributed by atoms with E-state index in [0.29, 0.717) is 19.0 Å². The maximum absolute atomic E-state index is 11.9. The minimum Gasteiger partial charge on any atom is -0.378 e. The van der Waals surface area contributed by atoms with Crippen molar-refractivity contribution in [3.63, 3.8) is 0 Å². The Morgan fingerprint density at radius 3 is 2.75 bits per heavy atom. The van der Waals surface area contributed by atoms with Crippen molar-refractivity contribution in [2.24, 2.45) is 0 Å². The predicted molar refractivity (Wildman–Crippen MR) is 127 cm³/mol. The number of morpholine rings is 1. The molecule has 168 valence electrons. The van der Waals surface area contributed by atoms with Gasteiger partial charge in [-0.1, -0.05) is 12.1 Å². The van der Waals surface area contributed by atoms with Gasteiger partial charge in [-0.05, 0) is 26.0 Å². The molecule has 0 aliphatic carbocycles. The van der Waals surface area contributed by atoms with Crippen LogP contribution in [0.4, 0.5) is 5.82 Å². The quantitative estimate of drug-likeness (QED) is 0.459. The lowest BCUT2D eigenvalue weighted by Gasteiger charge is -2.28. The number of aromatic nitrogens is 4. The zero-order chi connectivity index (χ0) is 22.5. The summed E-state index contributed by atoms with van der Waals surface area (Å²) in [6.45, 7) is 6.45. The Bertz CT molecular complexity index is 1400. The maximum Gasteiger partial charge on any atom is 0.209 e. The highest BCUT2D eigenvalue weighted by molar-refractivity contribution is 7.88. The zero-order valence-electron chi connectivity index (χ0n) is 18.0. The molecule has 1 aromatic carbocycles. The third-order valence-corrected chi connectivity index (χ3v) is 7.77. The largest absolute Gasteiger partial charge is 0.378 e. The highest BCUT2D eigenvalue weighted by Crippen LogP contribution is 2.39. The van der Waals surface area contributed by atoms with Gasteiger partial charge in [0.15, 0.2) is 11.6 Å². The van der Waals surface area contributed by atoms with Gasteiger partial charge in [0.1, 0.15) is 0 Å². The fourth-order valence-electron chi connectivity index (χ4n) is 4.01. The van der Waals surface area contributed by atoms with E-state index in [1.807, 2.05) is 38.1 Å². The van der Waals surface area contributed by atoms with E-state index in [1.54, 1.807) is 6.20 Å². The van der Waals surface area contributed by atoms with Crippen LogP contribution in [0.2, 0.25) is 0 Å². The van der Waals surface area contributed by atoms with E-state index < -0.39 is 15.6 Å². The smallest absolute Gasteiger partial charge is 0.209 e. The number of anilines is 1. The Hall–Kier alpha value is -2.60. The van der Waals surface area contributed by atoms with Gasteiger partial charge in [-0.25, -0.2) is 23.1 Å². The zero-order valence-corrected chi connectivity index (χ0v) is 19.7. The van der Waals surface area contributed by atoms with Crippen LogP contribution in [0.5, 0.6) is 0 Å². The van der Waals surface area contributed by atoms with Gasteiger partial charge in [0, 0.05) is 28.9 Å². The number of H-pyrrole nitrogens is 1. The van der Waals surface area contributed by atoms with Gasteiger partial charge in [-0.2, -0.15) is 5.10 Å². The molecule has 1 saturated heterocycles. The Morgan fingerprint density at radius 2 is 2.00 bits per heavy atom. The minimum atomic E-state index is -3.38. The second-order valence-corrected chi connectivity index (χ2v) is 11.2. The number of hydrogen-bond acceptors (Lipinski definition) is 8. The molecule has 0 atom stereocenters. The second kappa shape index (κ2) is 7.77. The molecule has 1 fully saturated rings. The first kappa shape index (κ1) is 21.3. The van der Waals surface area contributed by atoms with Crippen molar-refractivity contribution in [3.8, 4) is 11.4 Å². The summed E-state index contributed by atoms with van der Waals surface area (Å²) in [5.41, 5.74) is 1.84. The number of sulfonamides is 1. The number of ether oxygens (including phenoxy) is 1. The third-order valence-electron chi connectivity index (χ3n) is 5.45. The number of nitrogens with zero attached hydrogens (tertiary/aromatic N) is 4. The molecule has 32 heavy (non-hydrogen) atoms. The van der Waals surface area contributed by atoms with E-state index in [9.17, 15) is 8.42 Å². The summed E-state index contributed by atoms with van der Waals surface area (Å²) in [5, 5.41) is 8.11. The Balaban J connectivity index is 1.71. The molecule has 1 aliphatic heterocycles. The highest BCUT2D eigenvalue weighted by Gasteiger charge is 2.29. The van der Waals surface area contributed by atoms with E-state index in [-0.39, 0.29) is 0 Å². The molecule has 1 aliphatic rings. The summed E-state index contributed by atoms with van der Waals surface area (Å²) in [6.07, 6.45) is 2.95. The lowest BCUT2D eigenvalue weighted by molar-refractivity contribution is 0.122. The third kappa shape index (κ3) is 3.96. The lowest BCUT2D eigenvalue weighted by atomic mass is 10.1. The van der Waals surface area contributed by atoms with Crippen LogP contribution in [0.25, 0.3) is 32.5 Å². The van der Waals surface area contributed by atoms with Crippen molar-refractivity contribution in [1.82, 2.24) is 24.9 Å². The molecule has 2 N–H and O–H groups in total. The van der Waals surface area contributed by atoms with Crippen molar-refractivity contribution in [3.05, 3.63) is 35.3 Å². The number of thiophene rings is 1. The summed E-state index contributed by atoms with van der Waals surface area (Å²) in [5.74, 6) is 1.46. The number of rotatable bonds is 5. The van der Waals surface area contributed by atoms with Gasteiger partial charge in [-0.15, -0.1) is 11.3 Å². The maximum atomic E-state index is 11.9. The van der Waals surface area contributed by atoms with Crippen LogP contribution < -0.4 is 9.62 Å². The average Bonchev–Trinajstić information content (AvgIpc) is 3.39. The first-order chi connectivity index (χ1) is 15.2. The van der Waals surface area contributed by atoms with Crippen molar-refractivity contribution in [2.45, 2.75) is 19.4 Å². The minimum absolute atomic E-state index is 0.615. The van der Waals surface area contributed by atoms with Gasteiger partial charge < -0.3 is 9.64 Å². The number of aromatic amines is 1. The van der Waals surface area contributed by atoms with E-state index in [4.69, 9.17) is 14.7 Å². The van der Waals surface area contributed by atoms with Crippen LogP contribution in [-0.2, 0) is 20.3 Å². The van der Waals surface area contributed by atoms with Gasteiger partial charge in [0.05, 0.1) is 46.9 Å². The summed E-state index contributed by atoms with van der Waals surface area (Å²) in [7, 11) is -3.38. The summed E-state index contributed by atoms with van der Waals surface area (Å²) in [6, 6.07) is 7.87. The van der Waals surface area contributed by atoms with Crippen LogP contribution in [-0.4, -0.2) is 61.1 Å². The van der Waals surface area contributed by atoms with Crippen LogP contribution in [0.3, 0.4) is 0 Å². The molecular formula is C21H24N6O3S2. The molecule has 0 spiro atoms. The molecule has 11 heteroatoms. The molecule has 4 aromatic rings. The molecule has 9 nitrogen and oxygen atoms in total. The molecule has 3 aromatic heterocycles. The van der Waals surface area contributed by atoms with E-state index in [0.717, 1.165) is 50.5 Å². The molecule has 0 bridgehead atoms. The molecule has 5 rings (SSSR count). The van der Waals surface area contributed by atoms with Crippen LogP contribution in [0.1, 0.15) is 18.7 Å². The topological polar surface area (TPSA) is 113 Å². The van der Waals surface area contributed by atoms with Gasteiger partial charge in [-0.3, -0.25) is 5.10 Å². The highest BCUT2D eigenvalue weighted by atomic mass is 32.2. The van der Waals surface area contributed by atoms with Gasteiger partial charge in [0.2, 0.25) is 10.0 Å². The van der Waals surface area contributed by atoms with Crippen LogP contribution >= 0.6 is 11.3 Å². The molecule has 0 saturated carbocycles. The van der Waals surface area contributed by atoms with Crippen LogP contribution in [0.15, 0.2) is 30.5 Å². The van der Waals surface area contributed by atoms with Gasteiger partial charge in [0.25, 0.3) is 0 Å². The van der Waals surface area contributed by atoms with Crippen LogP contribution in [0, 0.1) is 0 Å². The Kier molecular flexibility index (Phi) is 5.16. The van der Waals surface area contributed by atoms with Gasteiger partial charge >= 0.3 is 0 Å². The molecule has 0 radical (unpaired) electrons. The molecule has 0 amide bonds. The fraction of sp³-hybridized carbons (Fsp3) is 0.381. The van der Waals surface area contributed by atoms with E-state index in [2.05, 4.69) is 19.8 Å². The van der Waals surface area contributed by atoms with Crippen molar-refractivity contribution < 1.29 is 13.2 Å². The summed E-state index contributed by atoms with van der Waals surface area (Å²) in [4.78, 5) is 13.0. The molecule has 0 unspecified atom stereocenters. The lowest BCUT2D eigenvalue weighted by Crippen LogP contribution is -2.39. The number of hydrogen-bond donors (Lipinski definition) is 2. The number of fused-ring (bicyclic) bond motifs is 2. The monoisotopic (exact) mass is 472 g/mol. The SMILES string of the molecule is CC(C)(NS(C)(=O)=O)c1cc2nc(-c3cccc4[nH]ncc34)nc(N3CCOCC3)c2s1. The summed E-state index contributed by atoms with van der Waals surface area (Å²) >= 11 is 1.52. The number of benzene rings is 1. The second-order valence-electron chi connectivity index (χ2n) is 8.43. The summed E-state index contributed by atoms with van der Waals surface area (Å²) < 4.78 is 33.0. The standard InChI is InChI=1S/C21H24N6O3S2/c1-21(2,26-32(3,28)29)17-11-16-18(31-17)20(27-7-9-30-10-8-27)24-19(23-16)13-5-4-6-15-14(13)12-22-25-15/h4-6,11-12,26H,7-10H2,1-3H3,(H,22,25). The molecule has 4 heterocycles. The average molecular weight is 473 g/mol. The first-order valence-electron chi connectivity index (χ1n) is 10.3.